The summed E-state index contributed by atoms with van der Waals surface area (Å²) < 4.78 is 5.69. The van der Waals surface area contributed by atoms with Gasteiger partial charge in [-0.2, -0.15) is 0 Å². The van der Waals surface area contributed by atoms with E-state index in [-0.39, 0.29) is 0 Å². The molecule has 0 radical (unpaired) electrons. The lowest BCUT2D eigenvalue weighted by atomic mass is 9.97. The molecule has 19 heavy (non-hydrogen) atoms. The lowest BCUT2D eigenvalue weighted by Gasteiger charge is -2.41. The van der Waals surface area contributed by atoms with E-state index in [1.165, 1.54) is 25.9 Å². The molecule has 2 rings (SSSR count). The summed E-state index contributed by atoms with van der Waals surface area (Å²) in [5.41, 5.74) is 0.300. The summed E-state index contributed by atoms with van der Waals surface area (Å²) in [6.45, 7) is 13.5. The second kappa shape index (κ2) is 5.68. The summed E-state index contributed by atoms with van der Waals surface area (Å²) in [6.07, 6.45) is 2.45. The van der Waals surface area contributed by atoms with E-state index in [1.807, 2.05) is 13.0 Å². The fraction of sp³-hybridized carbons (Fsp3) is 0.750. The third-order valence-corrected chi connectivity index (χ3v) is 4.12. The highest BCUT2D eigenvalue weighted by molar-refractivity contribution is 5.09. The van der Waals surface area contributed by atoms with Crippen molar-refractivity contribution >= 4 is 0 Å². The molecule has 0 saturated carbocycles. The zero-order valence-electron chi connectivity index (χ0n) is 13.0. The van der Waals surface area contributed by atoms with Crippen molar-refractivity contribution in [2.75, 3.05) is 13.1 Å². The fourth-order valence-corrected chi connectivity index (χ4v) is 2.84. The summed E-state index contributed by atoms with van der Waals surface area (Å²) >= 11 is 0. The third kappa shape index (κ3) is 3.83. The minimum atomic E-state index is 0.300. The van der Waals surface area contributed by atoms with Crippen LogP contribution in [0.2, 0.25) is 0 Å². The first-order chi connectivity index (χ1) is 8.86. The van der Waals surface area contributed by atoms with E-state index < -0.39 is 0 Å². The zero-order chi connectivity index (χ0) is 14.0. The molecule has 3 heteroatoms. The Kier molecular flexibility index (Phi) is 4.36. The van der Waals surface area contributed by atoms with Gasteiger partial charge in [0.25, 0.3) is 0 Å². The van der Waals surface area contributed by atoms with E-state index in [0.29, 0.717) is 17.6 Å². The lowest BCUT2D eigenvalue weighted by Crippen LogP contribution is -2.50. The Morgan fingerprint density at radius 2 is 1.89 bits per heavy atom. The maximum atomic E-state index is 5.69. The van der Waals surface area contributed by atoms with Gasteiger partial charge in [0.15, 0.2) is 0 Å². The van der Waals surface area contributed by atoms with Gasteiger partial charge in [-0.15, -0.1) is 0 Å². The lowest BCUT2D eigenvalue weighted by molar-refractivity contribution is 0.0935. The summed E-state index contributed by atoms with van der Waals surface area (Å²) in [7, 11) is 0. The molecule has 0 amide bonds. The molecule has 0 spiro atoms. The highest BCUT2D eigenvalue weighted by Gasteiger charge is 2.27. The first kappa shape index (κ1) is 14.6. The number of piperidine rings is 1. The number of hydrogen-bond acceptors (Lipinski definition) is 3. The molecule has 1 saturated heterocycles. The summed E-state index contributed by atoms with van der Waals surface area (Å²) in [5.74, 6) is 2.04. The van der Waals surface area contributed by atoms with Gasteiger partial charge in [-0.05, 0) is 59.6 Å². The predicted molar refractivity (Wildman–Crippen MR) is 79.3 cm³/mol. The molecule has 1 aliphatic heterocycles. The molecule has 3 nitrogen and oxygen atoms in total. The highest BCUT2D eigenvalue weighted by atomic mass is 16.3. The molecule has 1 N–H and O–H groups in total. The molecule has 1 unspecified atom stereocenters. The molecule has 108 valence electrons. The number of nitrogens with zero attached hydrogens (tertiary/aromatic N) is 1. The van der Waals surface area contributed by atoms with Gasteiger partial charge in [0, 0.05) is 24.7 Å². The molecule has 1 aliphatic rings. The number of rotatable bonds is 3. The average molecular weight is 264 g/mol. The highest BCUT2D eigenvalue weighted by Crippen LogP contribution is 2.23. The molecule has 1 fully saturated rings. The quantitative estimate of drug-likeness (QED) is 0.905. The fourth-order valence-electron chi connectivity index (χ4n) is 2.84. The average Bonchev–Trinajstić information content (AvgIpc) is 2.75. The topological polar surface area (TPSA) is 28.4 Å². The molecule has 0 aliphatic carbocycles. The van der Waals surface area contributed by atoms with Crippen molar-refractivity contribution in [3.63, 3.8) is 0 Å². The Bertz CT molecular complexity index is 397. The molecular weight excluding hydrogens is 236 g/mol. The van der Waals surface area contributed by atoms with Crippen molar-refractivity contribution in [3.05, 3.63) is 23.7 Å². The Morgan fingerprint density at radius 1 is 1.26 bits per heavy atom. The second-order valence-electron chi connectivity index (χ2n) is 6.77. The van der Waals surface area contributed by atoms with Crippen molar-refractivity contribution < 1.29 is 4.42 Å². The Labute approximate surface area is 117 Å². The Morgan fingerprint density at radius 3 is 2.37 bits per heavy atom. The second-order valence-corrected chi connectivity index (χ2v) is 6.77. The minimum absolute atomic E-state index is 0.300. The number of likely N-dealkylation sites (tertiary alicyclic amines) is 1. The van der Waals surface area contributed by atoms with Gasteiger partial charge < -0.3 is 9.73 Å². The predicted octanol–water partition coefficient (Wildman–Crippen LogP) is 3.50. The monoisotopic (exact) mass is 264 g/mol. The van der Waals surface area contributed by atoms with E-state index in [9.17, 15) is 0 Å². The molecule has 2 heterocycles. The van der Waals surface area contributed by atoms with E-state index in [1.54, 1.807) is 0 Å². The normalized spacial score (nSPS) is 20.7. The van der Waals surface area contributed by atoms with Crippen molar-refractivity contribution in [2.24, 2.45) is 0 Å². The van der Waals surface area contributed by atoms with Gasteiger partial charge in [-0.25, -0.2) is 0 Å². The Hall–Kier alpha value is -0.800. The summed E-state index contributed by atoms with van der Waals surface area (Å²) in [4.78, 5) is 2.58. The number of furan rings is 1. The van der Waals surface area contributed by atoms with Crippen LogP contribution in [-0.2, 0) is 0 Å². The largest absolute Gasteiger partial charge is 0.465 e. The van der Waals surface area contributed by atoms with Crippen molar-refractivity contribution in [2.45, 2.75) is 65.1 Å². The number of aryl methyl sites for hydroxylation is 1. The smallest absolute Gasteiger partial charge is 0.120 e. The first-order valence-corrected chi connectivity index (χ1v) is 7.43. The molecule has 1 atom stereocenters. The molecular formula is C16H28N2O. The van der Waals surface area contributed by atoms with Gasteiger partial charge >= 0.3 is 0 Å². The van der Waals surface area contributed by atoms with Gasteiger partial charge in [-0.1, -0.05) is 0 Å². The maximum Gasteiger partial charge on any atom is 0.120 e. The van der Waals surface area contributed by atoms with E-state index >= 15 is 0 Å². The maximum absolute atomic E-state index is 5.69. The van der Waals surface area contributed by atoms with Crippen LogP contribution in [0.4, 0.5) is 0 Å². The standard InChI is InChI=1S/C16H28N2O/c1-12-6-7-15(19-12)13(2)17-14-8-10-18(11-9-14)16(3,4)5/h6-7,13-14,17H,8-11H2,1-5H3. The number of nitrogens with one attached hydrogen (secondary N) is 1. The van der Waals surface area contributed by atoms with E-state index in [0.717, 1.165) is 11.5 Å². The van der Waals surface area contributed by atoms with Crippen LogP contribution in [-0.4, -0.2) is 29.6 Å². The third-order valence-electron chi connectivity index (χ3n) is 4.12. The van der Waals surface area contributed by atoms with E-state index in [2.05, 4.69) is 44.0 Å². The molecule has 0 aromatic carbocycles. The van der Waals surface area contributed by atoms with Gasteiger partial charge in [0.1, 0.15) is 11.5 Å². The summed E-state index contributed by atoms with van der Waals surface area (Å²) in [5, 5.41) is 3.70. The van der Waals surface area contributed by atoms with Gasteiger partial charge in [0.2, 0.25) is 0 Å². The molecule has 1 aromatic rings. The minimum Gasteiger partial charge on any atom is -0.465 e. The Balaban J connectivity index is 1.82. The number of hydrogen-bond donors (Lipinski definition) is 1. The van der Waals surface area contributed by atoms with Crippen molar-refractivity contribution in [3.8, 4) is 0 Å². The van der Waals surface area contributed by atoms with Gasteiger partial charge in [-0.3, -0.25) is 4.90 Å². The zero-order valence-corrected chi connectivity index (χ0v) is 13.0. The SMILES string of the molecule is Cc1ccc(C(C)NC2CCN(C(C)(C)C)CC2)o1. The van der Waals surface area contributed by atoms with Crippen LogP contribution in [0.15, 0.2) is 16.5 Å². The molecule has 1 aromatic heterocycles. The molecule has 0 bridgehead atoms. The summed E-state index contributed by atoms with van der Waals surface area (Å²) in [6, 6.07) is 5.03. The van der Waals surface area contributed by atoms with Crippen LogP contribution < -0.4 is 5.32 Å². The van der Waals surface area contributed by atoms with E-state index in [4.69, 9.17) is 4.42 Å². The van der Waals surface area contributed by atoms with Crippen LogP contribution in [0.25, 0.3) is 0 Å². The van der Waals surface area contributed by atoms with Crippen LogP contribution in [0.5, 0.6) is 0 Å². The van der Waals surface area contributed by atoms with Crippen molar-refractivity contribution in [1.29, 1.82) is 0 Å². The van der Waals surface area contributed by atoms with Crippen LogP contribution in [0.1, 0.15) is 58.1 Å². The van der Waals surface area contributed by atoms with Crippen molar-refractivity contribution in [1.82, 2.24) is 10.2 Å². The van der Waals surface area contributed by atoms with Gasteiger partial charge in [0.05, 0.1) is 6.04 Å². The van der Waals surface area contributed by atoms with Crippen LogP contribution >= 0.6 is 0 Å². The van der Waals surface area contributed by atoms with Crippen LogP contribution in [0, 0.1) is 6.92 Å². The van der Waals surface area contributed by atoms with Crippen LogP contribution in [0.3, 0.4) is 0 Å². The first-order valence-electron chi connectivity index (χ1n) is 7.43.